The van der Waals surface area contributed by atoms with Crippen LogP contribution in [0.1, 0.15) is 33.1 Å². The van der Waals surface area contributed by atoms with Crippen molar-refractivity contribution in [2.24, 2.45) is 35.5 Å². The number of Topliss-reactive ketones (excluding diaryl/α,β-unsaturated/α-hetero) is 1. The highest BCUT2D eigenvalue weighted by Crippen LogP contribution is 2.62. The van der Waals surface area contributed by atoms with Gasteiger partial charge in [0, 0.05) is 12.3 Å². The lowest BCUT2D eigenvalue weighted by atomic mass is 9.74. The van der Waals surface area contributed by atoms with E-state index in [4.69, 9.17) is 0 Å². The van der Waals surface area contributed by atoms with Crippen molar-refractivity contribution in [2.75, 3.05) is 0 Å². The Kier molecular flexibility index (Phi) is 1.46. The van der Waals surface area contributed by atoms with Gasteiger partial charge in [-0.1, -0.05) is 13.8 Å². The molecular formula is C12H18O. The molecule has 0 N–H and O–H groups in total. The molecule has 72 valence electrons. The highest BCUT2D eigenvalue weighted by atomic mass is 16.1. The van der Waals surface area contributed by atoms with Crippen LogP contribution >= 0.6 is 0 Å². The Bertz CT molecular complexity index is 256. The first-order valence-corrected chi connectivity index (χ1v) is 5.71. The third-order valence-electron chi connectivity index (χ3n) is 4.86. The average molecular weight is 178 g/mol. The van der Waals surface area contributed by atoms with Crippen LogP contribution in [-0.4, -0.2) is 5.78 Å². The molecule has 1 nitrogen and oxygen atoms in total. The molecule has 0 saturated heterocycles. The van der Waals surface area contributed by atoms with E-state index in [0.717, 1.165) is 36.0 Å². The van der Waals surface area contributed by atoms with Gasteiger partial charge in [0.05, 0.1) is 0 Å². The summed E-state index contributed by atoms with van der Waals surface area (Å²) >= 11 is 0. The smallest absolute Gasteiger partial charge is 0.136 e. The lowest BCUT2D eigenvalue weighted by Crippen LogP contribution is -2.25. The summed E-state index contributed by atoms with van der Waals surface area (Å²) in [7, 11) is 0. The van der Waals surface area contributed by atoms with Crippen molar-refractivity contribution in [2.45, 2.75) is 33.1 Å². The molecule has 0 amide bonds. The normalized spacial score (nSPS) is 52.5. The minimum absolute atomic E-state index is 0.505. The predicted octanol–water partition coefficient (Wildman–Crippen LogP) is 2.50. The van der Waals surface area contributed by atoms with Gasteiger partial charge < -0.3 is 0 Å². The Morgan fingerprint density at radius 2 is 2.00 bits per heavy atom. The van der Waals surface area contributed by atoms with Gasteiger partial charge in [-0.15, -0.1) is 0 Å². The zero-order valence-electron chi connectivity index (χ0n) is 8.49. The molecule has 3 rings (SSSR count). The van der Waals surface area contributed by atoms with Gasteiger partial charge in [-0.3, -0.25) is 4.79 Å². The second-order valence-electron chi connectivity index (χ2n) is 5.66. The van der Waals surface area contributed by atoms with Crippen LogP contribution in [0.3, 0.4) is 0 Å². The molecule has 3 fully saturated rings. The maximum atomic E-state index is 11.7. The van der Waals surface area contributed by atoms with Crippen molar-refractivity contribution in [1.29, 1.82) is 0 Å². The number of hydrogen-bond donors (Lipinski definition) is 0. The fraction of sp³-hybridized carbons (Fsp3) is 0.917. The molecule has 0 aromatic carbocycles. The molecule has 1 heteroatoms. The highest BCUT2D eigenvalue weighted by molar-refractivity contribution is 5.85. The zero-order valence-corrected chi connectivity index (χ0v) is 8.49. The molecular weight excluding hydrogens is 160 g/mol. The van der Waals surface area contributed by atoms with Gasteiger partial charge in [-0.05, 0) is 42.4 Å². The summed E-state index contributed by atoms with van der Waals surface area (Å²) in [6.07, 6.45) is 3.54. The van der Waals surface area contributed by atoms with Gasteiger partial charge in [0.15, 0.2) is 0 Å². The lowest BCUT2D eigenvalue weighted by molar-refractivity contribution is -0.120. The molecule has 0 aromatic rings. The molecule has 0 heterocycles. The van der Waals surface area contributed by atoms with E-state index in [1.807, 2.05) is 0 Å². The summed E-state index contributed by atoms with van der Waals surface area (Å²) < 4.78 is 0. The average Bonchev–Trinajstić information content (AvgIpc) is 2.61. The molecule has 5 atom stereocenters. The topological polar surface area (TPSA) is 17.1 Å². The molecule has 3 aliphatic carbocycles. The maximum Gasteiger partial charge on any atom is 0.136 e. The fourth-order valence-electron chi connectivity index (χ4n) is 4.61. The van der Waals surface area contributed by atoms with Crippen molar-refractivity contribution < 1.29 is 4.79 Å². The lowest BCUT2D eigenvalue weighted by Gasteiger charge is -2.30. The Balaban J connectivity index is 1.94. The van der Waals surface area contributed by atoms with E-state index in [2.05, 4.69) is 13.8 Å². The second kappa shape index (κ2) is 2.37. The largest absolute Gasteiger partial charge is 0.299 e. The summed E-state index contributed by atoms with van der Waals surface area (Å²) in [5.74, 6) is 5.29. The van der Waals surface area contributed by atoms with E-state index in [0.29, 0.717) is 11.7 Å². The van der Waals surface area contributed by atoms with Gasteiger partial charge in [-0.25, -0.2) is 0 Å². The maximum absolute atomic E-state index is 11.7. The van der Waals surface area contributed by atoms with Gasteiger partial charge in [0.25, 0.3) is 0 Å². The molecule has 0 aromatic heterocycles. The van der Waals surface area contributed by atoms with Crippen LogP contribution in [-0.2, 0) is 4.79 Å². The van der Waals surface area contributed by atoms with Crippen molar-refractivity contribution in [3.8, 4) is 0 Å². The van der Waals surface area contributed by atoms with Crippen LogP contribution in [0.25, 0.3) is 0 Å². The van der Waals surface area contributed by atoms with Crippen LogP contribution in [0.2, 0.25) is 0 Å². The van der Waals surface area contributed by atoms with Gasteiger partial charge in [-0.2, -0.15) is 0 Å². The fourth-order valence-corrected chi connectivity index (χ4v) is 4.61. The molecule has 0 aliphatic heterocycles. The molecule has 3 saturated carbocycles. The number of fused-ring (bicyclic) bond motifs is 1. The number of hydrogen-bond acceptors (Lipinski definition) is 1. The molecule has 5 unspecified atom stereocenters. The predicted molar refractivity (Wildman–Crippen MR) is 51.1 cm³/mol. The Hall–Kier alpha value is -0.330. The second-order valence-corrected chi connectivity index (χ2v) is 5.66. The minimum atomic E-state index is 0.505. The van der Waals surface area contributed by atoms with E-state index < -0.39 is 0 Å². The Morgan fingerprint density at radius 1 is 1.23 bits per heavy atom. The van der Waals surface area contributed by atoms with Crippen LogP contribution < -0.4 is 0 Å². The van der Waals surface area contributed by atoms with Crippen molar-refractivity contribution in [3.63, 3.8) is 0 Å². The summed E-state index contributed by atoms with van der Waals surface area (Å²) in [5, 5.41) is 0. The summed E-state index contributed by atoms with van der Waals surface area (Å²) in [4.78, 5) is 11.7. The zero-order chi connectivity index (χ0) is 9.16. The first-order valence-electron chi connectivity index (χ1n) is 5.71. The van der Waals surface area contributed by atoms with E-state index in [1.54, 1.807) is 0 Å². The van der Waals surface area contributed by atoms with E-state index in [1.165, 1.54) is 12.8 Å². The van der Waals surface area contributed by atoms with E-state index in [9.17, 15) is 4.79 Å². The van der Waals surface area contributed by atoms with Crippen LogP contribution in [0, 0.1) is 35.5 Å². The summed E-state index contributed by atoms with van der Waals surface area (Å²) in [6.45, 7) is 4.67. The Labute approximate surface area is 79.9 Å². The number of rotatable bonds is 1. The van der Waals surface area contributed by atoms with Gasteiger partial charge >= 0.3 is 0 Å². The Morgan fingerprint density at radius 3 is 2.69 bits per heavy atom. The van der Waals surface area contributed by atoms with Gasteiger partial charge in [0.1, 0.15) is 5.78 Å². The molecule has 2 bridgehead atoms. The van der Waals surface area contributed by atoms with Crippen molar-refractivity contribution in [1.82, 2.24) is 0 Å². The molecule has 0 spiro atoms. The molecule has 13 heavy (non-hydrogen) atoms. The standard InChI is InChI=1S/C12H18O/c1-6(2)12-7-3-8-9(4-7)11(13)5-10(8)12/h6-10,12H,3-5H2,1-2H3. The van der Waals surface area contributed by atoms with Crippen LogP contribution in [0.15, 0.2) is 0 Å². The minimum Gasteiger partial charge on any atom is -0.299 e. The number of ketones is 1. The number of carbonyl (C=O) groups is 1. The third kappa shape index (κ3) is 0.858. The first kappa shape index (κ1) is 8.02. The van der Waals surface area contributed by atoms with Gasteiger partial charge in [0.2, 0.25) is 0 Å². The number of carbonyl (C=O) groups excluding carboxylic acids is 1. The van der Waals surface area contributed by atoms with E-state index in [-0.39, 0.29) is 0 Å². The van der Waals surface area contributed by atoms with Crippen LogP contribution in [0.5, 0.6) is 0 Å². The quantitative estimate of drug-likeness (QED) is 0.603. The van der Waals surface area contributed by atoms with E-state index >= 15 is 0 Å². The van der Waals surface area contributed by atoms with Crippen LogP contribution in [0.4, 0.5) is 0 Å². The first-order chi connectivity index (χ1) is 6.18. The third-order valence-corrected chi connectivity index (χ3v) is 4.86. The van der Waals surface area contributed by atoms with Crippen molar-refractivity contribution in [3.05, 3.63) is 0 Å². The SMILES string of the molecule is CC(C)C1C2CC3C(=O)CC1C3C2. The van der Waals surface area contributed by atoms with Crippen molar-refractivity contribution >= 4 is 5.78 Å². The molecule has 0 radical (unpaired) electrons. The highest BCUT2D eigenvalue weighted by Gasteiger charge is 2.59. The summed E-state index contributed by atoms with van der Waals surface area (Å²) in [5.41, 5.74) is 0. The monoisotopic (exact) mass is 178 g/mol. The summed E-state index contributed by atoms with van der Waals surface area (Å²) in [6, 6.07) is 0. The molecule has 3 aliphatic rings.